The van der Waals surface area contributed by atoms with Gasteiger partial charge in [-0.3, -0.25) is 9.59 Å². The molecule has 0 saturated carbocycles. The Kier molecular flexibility index (Phi) is 5.57. The third-order valence-corrected chi connectivity index (χ3v) is 3.62. The predicted octanol–water partition coefficient (Wildman–Crippen LogP) is 3.02. The van der Waals surface area contributed by atoms with Crippen LogP contribution in [-0.2, 0) is 15.8 Å². The standard InChI is InChI=1S/C15H18F3NO3/c1-8(7-9(2)14(21)22)12(13(19)20)10-3-5-11(6-4-10)15(16,17)18/h3-6,8-9,12H,7H2,1-2H3,(H2,19,20)(H,21,22). The molecular formula is C15H18F3NO3. The highest BCUT2D eigenvalue weighted by Gasteiger charge is 2.32. The fourth-order valence-electron chi connectivity index (χ4n) is 2.45. The summed E-state index contributed by atoms with van der Waals surface area (Å²) in [4.78, 5) is 22.5. The molecule has 0 aliphatic heterocycles. The molecule has 122 valence electrons. The van der Waals surface area contributed by atoms with Crippen molar-refractivity contribution in [2.45, 2.75) is 32.4 Å². The van der Waals surface area contributed by atoms with Gasteiger partial charge in [0.05, 0.1) is 17.4 Å². The maximum absolute atomic E-state index is 12.5. The van der Waals surface area contributed by atoms with Crippen molar-refractivity contribution in [2.75, 3.05) is 0 Å². The molecule has 1 amide bonds. The highest BCUT2D eigenvalue weighted by Crippen LogP contribution is 2.33. The largest absolute Gasteiger partial charge is 0.481 e. The van der Waals surface area contributed by atoms with Crippen LogP contribution in [0.25, 0.3) is 0 Å². The van der Waals surface area contributed by atoms with Crippen molar-refractivity contribution >= 4 is 11.9 Å². The predicted molar refractivity (Wildman–Crippen MR) is 74.0 cm³/mol. The van der Waals surface area contributed by atoms with Crippen LogP contribution in [0.2, 0.25) is 0 Å². The number of rotatable bonds is 6. The van der Waals surface area contributed by atoms with Gasteiger partial charge in [0.15, 0.2) is 0 Å². The van der Waals surface area contributed by atoms with Crippen LogP contribution in [0.4, 0.5) is 13.2 Å². The number of carbonyl (C=O) groups is 2. The third kappa shape index (κ3) is 4.47. The Bertz CT molecular complexity index is 540. The highest BCUT2D eigenvalue weighted by atomic mass is 19.4. The number of alkyl halides is 3. The molecule has 3 atom stereocenters. The van der Waals surface area contributed by atoms with E-state index in [1.807, 2.05) is 0 Å². The zero-order valence-electron chi connectivity index (χ0n) is 12.2. The number of benzene rings is 1. The van der Waals surface area contributed by atoms with Crippen LogP contribution in [0, 0.1) is 11.8 Å². The van der Waals surface area contributed by atoms with Gasteiger partial charge in [0.1, 0.15) is 0 Å². The lowest BCUT2D eigenvalue weighted by molar-refractivity contribution is -0.142. The van der Waals surface area contributed by atoms with Gasteiger partial charge in [-0.2, -0.15) is 13.2 Å². The van der Waals surface area contributed by atoms with Crippen LogP contribution in [0.5, 0.6) is 0 Å². The number of aliphatic carboxylic acids is 1. The summed E-state index contributed by atoms with van der Waals surface area (Å²) < 4.78 is 37.6. The van der Waals surface area contributed by atoms with E-state index in [-0.39, 0.29) is 6.42 Å². The van der Waals surface area contributed by atoms with Gasteiger partial charge in [0.25, 0.3) is 0 Å². The van der Waals surface area contributed by atoms with Crippen LogP contribution in [0.15, 0.2) is 24.3 Å². The Labute approximate surface area is 126 Å². The minimum atomic E-state index is -4.45. The number of nitrogens with two attached hydrogens (primary N) is 1. The van der Waals surface area contributed by atoms with Crippen molar-refractivity contribution in [1.82, 2.24) is 0 Å². The molecular weight excluding hydrogens is 299 g/mol. The number of halogens is 3. The summed E-state index contributed by atoms with van der Waals surface area (Å²) in [5.41, 5.74) is 4.88. The molecule has 0 spiro atoms. The van der Waals surface area contributed by atoms with Gasteiger partial charge in [-0.15, -0.1) is 0 Å². The molecule has 22 heavy (non-hydrogen) atoms. The van der Waals surface area contributed by atoms with E-state index in [9.17, 15) is 22.8 Å². The first kappa shape index (κ1) is 18.0. The number of carbonyl (C=O) groups excluding carboxylic acids is 1. The van der Waals surface area contributed by atoms with E-state index in [4.69, 9.17) is 10.8 Å². The fraction of sp³-hybridized carbons (Fsp3) is 0.467. The zero-order valence-corrected chi connectivity index (χ0v) is 12.2. The minimum absolute atomic E-state index is 0.198. The molecule has 0 bridgehead atoms. The van der Waals surface area contributed by atoms with E-state index >= 15 is 0 Å². The van der Waals surface area contributed by atoms with Crippen LogP contribution in [-0.4, -0.2) is 17.0 Å². The van der Waals surface area contributed by atoms with Crippen LogP contribution in [0.1, 0.15) is 37.3 Å². The second-order valence-corrected chi connectivity index (χ2v) is 5.45. The Morgan fingerprint density at radius 3 is 2.05 bits per heavy atom. The monoisotopic (exact) mass is 317 g/mol. The lowest BCUT2D eigenvalue weighted by Crippen LogP contribution is -2.29. The summed E-state index contributed by atoms with van der Waals surface area (Å²) in [6, 6.07) is 4.19. The summed E-state index contributed by atoms with van der Waals surface area (Å²) in [6.45, 7) is 3.16. The number of carboxylic acid groups (broad SMARTS) is 1. The van der Waals surface area contributed by atoms with E-state index in [0.29, 0.717) is 5.56 Å². The van der Waals surface area contributed by atoms with Crippen molar-refractivity contribution in [3.63, 3.8) is 0 Å². The second kappa shape index (κ2) is 6.81. The molecule has 0 aliphatic carbocycles. The molecule has 0 heterocycles. The van der Waals surface area contributed by atoms with Crippen LogP contribution in [0.3, 0.4) is 0 Å². The van der Waals surface area contributed by atoms with E-state index < -0.39 is 41.4 Å². The Morgan fingerprint density at radius 1 is 1.18 bits per heavy atom. The normalized spacial score (nSPS) is 15.9. The van der Waals surface area contributed by atoms with Gasteiger partial charge in [0.2, 0.25) is 5.91 Å². The zero-order chi connectivity index (χ0) is 17.1. The minimum Gasteiger partial charge on any atom is -0.481 e. The first-order chi connectivity index (χ1) is 10.0. The summed E-state index contributed by atoms with van der Waals surface area (Å²) in [6.07, 6.45) is -4.26. The van der Waals surface area contributed by atoms with Gasteiger partial charge >= 0.3 is 12.1 Å². The van der Waals surface area contributed by atoms with Gasteiger partial charge in [-0.25, -0.2) is 0 Å². The van der Waals surface area contributed by atoms with E-state index in [1.54, 1.807) is 6.92 Å². The molecule has 3 unspecified atom stereocenters. The Hall–Kier alpha value is -2.05. The van der Waals surface area contributed by atoms with E-state index in [1.165, 1.54) is 19.1 Å². The molecule has 0 fully saturated rings. The van der Waals surface area contributed by atoms with Gasteiger partial charge < -0.3 is 10.8 Å². The molecule has 1 rings (SSSR count). The molecule has 1 aromatic carbocycles. The lowest BCUT2D eigenvalue weighted by atomic mass is 9.81. The Balaban J connectivity index is 3.01. The smallest absolute Gasteiger partial charge is 0.416 e. The summed E-state index contributed by atoms with van der Waals surface area (Å²) >= 11 is 0. The third-order valence-electron chi connectivity index (χ3n) is 3.62. The molecule has 4 nitrogen and oxygen atoms in total. The van der Waals surface area contributed by atoms with E-state index in [2.05, 4.69) is 0 Å². The molecule has 0 aliphatic rings. The number of carboxylic acids is 1. The van der Waals surface area contributed by atoms with Gasteiger partial charge in [-0.1, -0.05) is 26.0 Å². The summed E-state index contributed by atoms with van der Waals surface area (Å²) in [5, 5.41) is 8.91. The summed E-state index contributed by atoms with van der Waals surface area (Å²) in [7, 11) is 0. The quantitative estimate of drug-likeness (QED) is 0.846. The number of hydrogen-bond donors (Lipinski definition) is 2. The summed E-state index contributed by atoms with van der Waals surface area (Å²) in [5.74, 6) is -3.59. The first-order valence-electron chi connectivity index (χ1n) is 6.73. The first-order valence-corrected chi connectivity index (χ1v) is 6.73. The lowest BCUT2D eigenvalue weighted by Gasteiger charge is -2.23. The molecule has 0 radical (unpaired) electrons. The van der Waals surface area contributed by atoms with Crippen molar-refractivity contribution < 1.29 is 27.9 Å². The van der Waals surface area contributed by atoms with Crippen molar-refractivity contribution in [3.05, 3.63) is 35.4 Å². The molecule has 1 aromatic rings. The topological polar surface area (TPSA) is 80.4 Å². The van der Waals surface area contributed by atoms with E-state index in [0.717, 1.165) is 12.1 Å². The van der Waals surface area contributed by atoms with Gasteiger partial charge in [-0.05, 0) is 30.0 Å². The van der Waals surface area contributed by atoms with Crippen molar-refractivity contribution in [2.24, 2.45) is 17.6 Å². The van der Waals surface area contributed by atoms with Gasteiger partial charge in [0, 0.05) is 0 Å². The molecule has 0 aromatic heterocycles. The maximum Gasteiger partial charge on any atom is 0.416 e. The number of hydrogen-bond acceptors (Lipinski definition) is 2. The second-order valence-electron chi connectivity index (χ2n) is 5.45. The molecule has 3 N–H and O–H groups in total. The molecule has 7 heteroatoms. The SMILES string of the molecule is CC(CC(C)C(C(N)=O)c1ccc(C(F)(F)F)cc1)C(=O)O. The highest BCUT2D eigenvalue weighted by molar-refractivity contribution is 5.82. The maximum atomic E-state index is 12.5. The fourth-order valence-corrected chi connectivity index (χ4v) is 2.45. The number of primary amides is 1. The number of amides is 1. The van der Waals surface area contributed by atoms with Crippen LogP contribution >= 0.6 is 0 Å². The average Bonchev–Trinajstić information content (AvgIpc) is 2.37. The molecule has 0 saturated heterocycles. The van der Waals surface area contributed by atoms with Crippen molar-refractivity contribution in [3.8, 4) is 0 Å². The average molecular weight is 317 g/mol. The van der Waals surface area contributed by atoms with Crippen LogP contribution < -0.4 is 5.73 Å². The Morgan fingerprint density at radius 2 is 1.68 bits per heavy atom. The van der Waals surface area contributed by atoms with Crippen molar-refractivity contribution in [1.29, 1.82) is 0 Å².